The molecule has 0 saturated carbocycles. The molecule has 0 bridgehead atoms. The van der Waals surface area contributed by atoms with Crippen molar-refractivity contribution in [2.75, 3.05) is 4.72 Å². The van der Waals surface area contributed by atoms with Crippen molar-refractivity contribution in [3.63, 3.8) is 0 Å². The van der Waals surface area contributed by atoms with E-state index in [9.17, 15) is 25.6 Å². The first-order valence-electron chi connectivity index (χ1n) is 5.45. The van der Waals surface area contributed by atoms with Crippen molar-refractivity contribution in [2.45, 2.75) is 30.9 Å². The summed E-state index contributed by atoms with van der Waals surface area (Å²) in [5, 5.41) is 4.99. The summed E-state index contributed by atoms with van der Waals surface area (Å²) >= 11 is 0. The van der Waals surface area contributed by atoms with Crippen LogP contribution in [0.15, 0.2) is 17.0 Å². The Labute approximate surface area is 116 Å². The SMILES string of the molecule is CCc1cc(S(N)(=O)=O)cc(C)c1NS(=O)(=O)C(F)F. The van der Waals surface area contributed by atoms with E-state index in [4.69, 9.17) is 5.14 Å². The molecule has 0 amide bonds. The van der Waals surface area contributed by atoms with Gasteiger partial charge in [0.2, 0.25) is 10.0 Å². The maximum atomic E-state index is 12.4. The normalized spacial score (nSPS) is 12.7. The number of hydrogen-bond donors (Lipinski definition) is 2. The van der Waals surface area contributed by atoms with Gasteiger partial charge in [0, 0.05) is 0 Å². The number of benzene rings is 1. The molecule has 0 aliphatic carbocycles. The smallest absolute Gasteiger partial charge is 0.278 e. The van der Waals surface area contributed by atoms with Crippen LogP contribution in [0.1, 0.15) is 18.1 Å². The monoisotopic (exact) mass is 328 g/mol. The minimum atomic E-state index is -4.82. The van der Waals surface area contributed by atoms with Gasteiger partial charge in [-0.2, -0.15) is 8.78 Å². The number of anilines is 1. The zero-order valence-corrected chi connectivity index (χ0v) is 12.4. The molecule has 1 aromatic rings. The first kappa shape index (κ1) is 16.8. The topological polar surface area (TPSA) is 106 Å². The van der Waals surface area contributed by atoms with E-state index in [0.717, 1.165) is 12.1 Å². The second-order valence-electron chi connectivity index (χ2n) is 4.08. The second-order valence-corrected chi connectivity index (χ2v) is 7.29. The molecule has 0 aliphatic rings. The molecule has 0 unspecified atom stereocenters. The maximum Gasteiger partial charge on any atom is 0.355 e. The van der Waals surface area contributed by atoms with Crippen molar-refractivity contribution in [1.82, 2.24) is 0 Å². The van der Waals surface area contributed by atoms with Gasteiger partial charge >= 0.3 is 5.76 Å². The number of nitrogens with two attached hydrogens (primary N) is 1. The second kappa shape index (κ2) is 5.62. The Bertz CT molecular complexity index is 715. The van der Waals surface area contributed by atoms with Crippen molar-refractivity contribution in [3.8, 4) is 0 Å². The highest BCUT2D eigenvalue weighted by Crippen LogP contribution is 2.27. The van der Waals surface area contributed by atoms with Crippen LogP contribution >= 0.6 is 0 Å². The van der Waals surface area contributed by atoms with E-state index >= 15 is 0 Å². The van der Waals surface area contributed by atoms with Crippen molar-refractivity contribution >= 4 is 25.7 Å². The van der Waals surface area contributed by atoms with E-state index in [1.165, 1.54) is 6.92 Å². The van der Waals surface area contributed by atoms with Crippen LogP contribution < -0.4 is 9.86 Å². The number of primary sulfonamides is 1. The Hall–Kier alpha value is -1.26. The van der Waals surface area contributed by atoms with Crippen LogP contribution in [-0.4, -0.2) is 22.6 Å². The van der Waals surface area contributed by atoms with Crippen molar-refractivity contribution < 1.29 is 25.6 Å². The molecule has 0 aliphatic heterocycles. The summed E-state index contributed by atoms with van der Waals surface area (Å²) in [5.74, 6) is -3.58. The van der Waals surface area contributed by atoms with Gasteiger partial charge in [-0.25, -0.2) is 22.0 Å². The standard InChI is InChI=1S/C10H14F2N2O4S2/c1-3-7-5-8(19(13,15)16)4-6(2)9(7)14-20(17,18)10(11)12/h4-5,10,14H,3H2,1-2H3,(H2,13,15,16). The first-order chi connectivity index (χ1) is 8.99. The molecule has 1 rings (SSSR count). The zero-order valence-electron chi connectivity index (χ0n) is 10.7. The van der Waals surface area contributed by atoms with Gasteiger partial charge < -0.3 is 0 Å². The van der Waals surface area contributed by atoms with E-state index in [2.05, 4.69) is 0 Å². The van der Waals surface area contributed by atoms with E-state index in [1.807, 2.05) is 0 Å². The van der Waals surface area contributed by atoms with E-state index < -0.39 is 25.8 Å². The van der Waals surface area contributed by atoms with Crippen molar-refractivity contribution in [2.24, 2.45) is 5.14 Å². The lowest BCUT2D eigenvalue weighted by atomic mass is 10.1. The Balaban J connectivity index is 3.43. The Morgan fingerprint density at radius 2 is 1.80 bits per heavy atom. The number of alkyl halides is 2. The zero-order chi connectivity index (χ0) is 15.7. The highest BCUT2D eigenvalue weighted by atomic mass is 32.2. The molecule has 0 aromatic heterocycles. The first-order valence-corrected chi connectivity index (χ1v) is 8.54. The molecule has 0 atom stereocenters. The Morgan fingerprint density at radius 1 is 1.25 bits per heavy atom. The number of sulfonamides is 2. The lowest BCUT2D eigenvalue weighted by Crippen LogP contribution is -2.22. The summed E-state index contributed by atoms with van der Waals surface area (Å²) in [4.78, 5) is -0.202. The van der Waals surface area contributed by atoms with Gasteiger partial charge in [-0.1, -0.05) is 6.92 Å². The molecular weight excluding hydrogens is 314 g/mol. The van der Waals surface area contributed by atoms with Crippen LogP contribution in [0.5, 0.6) is 0 Å². The lowest BCUT2D eigenvalue weighted by molar-refractivity contribution is 0.236. The third-order valence-electron chi connectivity index (χ3n) is 2.58. The Kier molecular flexibility index (Phi) is 4.72. The predicted octanol–water partition coefficient (Wildman–Crippen LogP) is 1.17. The summed E-state index contributed by atoms with van der Waals surface area (Å²) < 4.78 is 71.5. The minimum Gasteiger partial charge on any atom is -0.278 e. The van der Waals surface area contributed by atoms with E-state index in [-0.39, 0.29) is 28.1 Å². The van der Waals surface area contributed by atoms with Crippen LogP contribution in [-0.2, 0) is 26.5 Å². The number of halogens is 2. The van der Waals surface area contributed by atoms with Crippen LogP contribution in [0.2, 0.25) is 0 Å². The van der Waals surface area contributed by atoms with E-state index in [1.54, 1.807) is 11.6 Å². The lowest BCUT2D eigenvalue weighted by Gasteiger charge is -2.15. The van der Waals surface area contributed by atoms with Crippen LogP contribution in [0.3, 0.4) is 0 Å². The van der Waals surface area contributed by atoms with Gasteiger partial charge in [0.25, 0.3) is 10.0 Å². The number of nitrogens with one attached hydrogen (secondary N) is 1. The van der Waals surface area contributed by atoms with Gasteiger partial charge in [-0.3, -0.25) is 4.72 Å². The molecule has 0 saturated heterocycles. The van der Waals surface area contributed by atoms with Crippen LogP contribution in [0.25, 0.3) is 0 Å². The molecule has 0 fully saturated rings. The van der Waals surface area contributed by atoms with Gasteiger partial charge in [0.1, 0.15) is 0 Å². The fourth-order valence-electron chi connectivity index (χ4n) is 1.60. The predicted molar refractivity (Wildman–Crippen MR) is 70.5 cm³/mol. The van der Waals surface area contributed by atoms with E-state index in [0.29, 0.717) is 0 Å². The summed E-state index contributed by atoms with van der Waals surface area (Å²) in [6.45, 7) is 3.03. The van der Waals surface area contributed by atoms with Gasteiger partial charge in [0.05, 0.1) is 10.6 Å². The number of hydrogen-bond acceptors (Lipinski definition) is 4. The summed E-state index contributed by atoms with van der Waals surface area (Å²) in [7, 11) is -8.78. The average Bonchev–Trinajstić information content (AvgIpc) is 2.29. The quantitative estimate of drug-likeness (QED) is 0.846. The molecule has 0 heterocycles. The molecule has 1 aromatic carbocycles. The molecular formula is C10H14F2N2O4S2. The van der Waals surface area contributed by atoms with Gasteiger partial charge in [-0.05, 0) is 36.6 Å². The molecule has 20 heavy (non-hydrogen) atoms. The third-order valence-corrected chi connectivity index (χ3v) is 4.43. The Morgan fingerprint density at radius 3 is 2.20 bits per heavy atom. The van der Waals surface area contributed by atoms with Gasteiger partial charge in [0.15, 0.2) is 0 Å². The van der Waals surface area contributed by atoms with Gasteiger partial charge in [-0.15, -0.1) is 0 Å². The molecule has 0 radical (unpaired) electrons. The molecule has 3 N–H and O–H groups in total. The summed E-state index contributed by atoms with van der Waals surface area (Å²) in [5.41, 5.74) is 0.399. The summed E-state index contributed by atoms with van der Waals surface area (Å²) in [6, 6.07) is 2.28. The number of aryl methyl sites for hydroxylation is 2. The van der Waals surface area contributed by atoms with Crippen LogP contribution in [0, 0.1) is 6.92 Å². The van der Waals surface area contributed by atoms with Crippen molar-refractivity contribution in [3.05, 3.63) is 23.3 Å². The summed E-state index contributed by atoms with van der Waals surface area (Å²) in [6.07, 6.45) is 0.241. The fraction of sp³-hybridized carbons (Fsp3) is 0.400. The molecule has 114 valence electrons. The van der Waals surface area contributed by atoms with Crippen LogP contribution in [0.4, 0.5) is 14.5 Å². The number of rotatable bonds is 5. The minimum absolute atomic E-state index is 0.0554. The molecule has 10 heteroatoms. The average molecular weight is 328 g/mol. The molecule has 6 nitrogen and oxygen atoms in total. The largest absolute Gasteiger partial charge is 0.355 e. The highest BCUT2D eigenvalue weighted by Gasteiger charge is 2.26. The maximum absolute atomic E-state index is 12.4. The fourth-order valence-corrected chi connectivity index (χ4v) is 2.91. The third kappa shape index (κ3) is 3.64. The van der Waals surface area contributed by atoms with Crippen molar-refractivity contribution in [1.29, 1.82) is 0 Å². The highest BCUT2D eigenvalue weighted by molar-refractivity contribution is 7.93. The molecule has 0 spiro atoms.